The number of anilines is 1. The third kappa shape index (κ3) is 2.96. The third-order valence-corrected chi connectivity index (χ3v) is 4.49. The molecule has 2 fully saturated rings. The minimum absolute atomic E-state index is 0.0951. The summed E-state index contributed by atoms with van der Waals surface area (Å²) in [5.41, 5.74) is 1.78. The van der Waals surface area contributed by atoms with Gasteiger partial charge in [-0.1, -0.05) is 6.07 Å². The molecule has 2 aliphatic heterocycles. The average molecular weight is 278 g/mol. The van der Waals surface area contributed by atoms with Gasteiger partial charge in [-0.25, -0.2) is 4.39 Å². The first-order chi connectivity index (χ1) is 9.76. The summed E-state index contributed by atoms with van der Waals surface area (Å²) in [4.78, 5) is 4.43. The van der Waals surface area contributed by atoms with Crippen LogP contribution in [-0.4, -0.2) is 42.8 Å². The molecule has 0 aliphatic carbocycles. The van der Waals surface area contributed by atoms with Crippen LogP contribution in [0, 0.1) is 11.7 Å². The molecule has 1 unspecified atom stereocenters. The summed E-state index contributed by atoms with van der Waals surface area (Å²) in [7, 11) is 0. The predicted octanol–water partition coefficient (Wildman–Crippen LogP) is 2.24. The lowest BCUT2D eigenvalue weighted by Gasteiger charge is -2.20. The Bertz CT molecular complexity index is 460. The topological polar surface area (TPSA) is 26.7 Å². The molecular formula is C16H23FN2O. The van der Waals surface area contributed by atoms with Gasteiger partial charge in [0.2, 0.25) is 0 Å². The van der Waals surface area contributed by atoms with Crippen LogP contribution in [0.2, 0.25) is 0 Å². The molecular weight excluding hydrogens is 255 g/mol. The SMILES string of the molecule is OCC1CCN(Cc2ccc(N3CCCC3)c(F)c2)C1. The summed E-state index contributed by atoms with van der Waals surface area (Å²) < 4.78 is 14.2. The Morgan fingerprint density at radius 2 is 2.00 bits per heavy atom. The van der Waals surface area contributed by atoms with Crippen molar-refractivity contribution in [1.29, 1.82) is 0 Å². The van der Waals surface area contributed by atoms with Crippen LogP contribution >= 0.6 is 0 Å². The fraction of sp³-hybridized carbons (Fsp3) is 0.625. The number of hydrogen-bond acceptors (Lipinski definition) is 3. The fourth-order valence-corrected chi connectivity index (χ4v) is 3.33. The fourth-order valence-electron chi connectivity index (χ4n) is 3.33. The van der Waals surface area contributed by atoms with Crippen LogP contribution in [0.15, 0.2) is 18.2 Å². The van der Waals surface area contributed by atoms with Gasteiger partial charge in [0, 0.05) is 32.8 Å². The van der Waals surface area contributed by atoms with Gasteiger partial charge < -0.3 is 10.0 Å². The second kappa shape index (κ2) is 6.10. The second-order valence-electron chi connectivity index (χ2n) is 6.05. The van der Waals surface area contributed by atoms with Crippen molar-refractivity contribution in [1.82, 2.24) is 4.90 Å². The maximum atomic E-state index is 14.2. The maximum absolute atomic E-state index is 14.2. The second-order valence-corrected chi connectivity index (χ2v) is 6.05. The molecule has 3 rings (SSSR count). The molecule has 110 valence electrons. The van der Waals surface area contributed by atoms with E-state index in [0.29, 0.717) is 5.92 Å². The van der Waals surface area contributed by atoms with Gasteiger partial charge in [-0.15, -0.1) is 0 Å². The highest BCUT2D eigenvalue weighted by Crippen LogP contribution is 2.25. The average Bonchev–Trinajstić information content (AvgIpc) is 3.10. The van der Waals surface area contributed by atoms with Crippen LogP contribution in [0.3, 0.4) is 0 Å². The first-order valence-corrected chi connectivity index (χ1v) is 7.63. The lowest BCUT2D eigenvalue weighted by molar-refractivity contribution is 0.220. The van der Waals surface area contributed by atoms with Crippen molar-refractivity contribution < 1.29 is 9.50 Å². The first kappa shape index (κ1) is 13.8. The van der Waals surface area contributed by atoms with Gasteiger partial charge in [-0.2, -0.15) is 0 Å². The van der Waals surface area contributed by atoms with Crippen molar-refractivity contribution in [3.05, 3.63) is 29.6 Å². The molecule has 20 heavy (non-hydrogen) atoms. The molecule has 2 saturated heterocycles. The van der Waals surface area contributed by atoms with E-state index >= 15 is 0 Å². The Hall–Kier alpha value is -1.13. The highest BCUT2D eigenvalue weighted by Gasteiger charge is 2.22. The van der Waals surface area contributed by atoms with E-state index in [0.717, 1.165) is 63.2 Å². The minimum atomic E-state index is -0.0951. The number of nitrogens with zero attached hydrogens (tertiary/aromatic N) is 2. The molecule has 2 heterocycles. The molecule has 1 aromatic rings. The normalized spacial score (nSPS) is 23.7. The molecule has 1 N–H and O–H groups in total. The Balaban J connectivity index is 1.64. The molecule has 0 aromatic heterocycles. The Morgan fingerprint density at radius 1 is 1.20 bits per heavy atom. The smallest absolute Gasteiger partial charge is 0.146 e. The quantitative estimate of drug-likeness (QED) is 0.915. The van der Waals surface area contributed by atoms with Crippen molar-refractivity contribution in [3.63, 3.8) is 0 Å². The number of aliphatic hydroxyl groups is 1. The van der Waals surface area contributed by atoms with Crippen molar-refractivity contribution in [3.8, 4) is 0 Å². The number of halogens is 1. The summed E-state index contributed by atoms with van der Waals surface area (Å²) in [6.07, 6.45) is 3.37. The maximum Gasteiger partial charge on any atom is 0.146 e. The summed E-state index contributed by atoms with van der Waals surface area (Å²) in [5.74, 6) is 0.297. The summed E-state index contributed by atoms with van der Waals surface area (Å²) in [5, 5.41) is 9.16. The molecule has 1 atom stereocenters. The van der Waals surface area contributed by atoms with E-state index in [1.807, 2.05) is 12.1 Å². The van der Waals surface area contributed by atoms with Crippen molar-refractivity contribution in [2.24, 2.45) is 5.92 Å². The minimum Gasteiger partial charge on any atom is -0.396 e. The van der Waals surface area contributed by atoms with Gasteiger partial charge in [0.15, 0.2) is 0 Å². The highest BCUT2D eigenvalue weighted by atomic mass is 19.1. The zero-order valence-corrected chi connectivity index (χ0v) is 11.9. The van der Waals surface area contributed by atoms with Crippen molar-refractivity contribution in [2.75, 3.05) is 37.7 Å². The lowest BCUT2D eigenvalue weighted by atomic mass is 10.1. The molecule has 4 heteroatoms. The first-order valence-electron chi connectivity index (χ1n) is 7.63. The molecule has 0 bridgehead atoms. The highest BCUT2D eigenvalue weighted by molar-refractivity contribution is 5.49. The zero-order valence-electron chi connectivity index (χ0n) is 11.9. The van der Waals surface area contributed by atoms with Crippen LogP contribution in [0.5, 0.6) is 0 Å². The number of rotatable bonds is 4. The number of hydrogen-bond donors (Lipinski definition) is 1. The third-order valence-electron chi connectivity index (χ3n) is 4.49. The number of aliphatic hydroxyl groups excluding tert-OH is 1. The van der Waals surface area contributed by atoms with E-state index in [1.165, 1.54) is 0 Å². The molecule has 1 aromatic carbocycles. The lowest BCUT2D eigenvalue weighted by Crippen LogP contribution is -2.22. The molecule has 0 radical (unpaired) electrons. The van der Waals surface area contributed by atoms with Gasteiger partial charge in [-0.3, -0.25) is 4.90 Å². The number of benzene rings is 1. The van der Waals surface area contributed by atoms with Crippen LogP contribution in [0.25, 0.3) is 0 Å². The largest absolute Gasteiger partial charge is 0.396 e. The standard InChI is InChI=1S/C16H23FN2O/c17-15-9-13(10-18-8-5-14(11-18)12-20)3-4-16(15)19-6-1-2-7-19/h3-4,9,14,20H,1-2,5-8,10-12H2. The molecule has 2 aliphatic rings. The molecule has 0 saturated carbocycles. The monoisotopic (exact) mass is 278 g/mol. The van der Waals surface area contributed by atoms with E-state index in [9.17, 15) is 4.39 Å². The zero-order chi connectivity index (χ0) is 13.9. The van der Waals surface area contributed by atoms with Crippen LogP contribution in [0.4, 0.5) is 10.1 Å². The van der Waals surface area contributed by atoms with E-state index < -0.39 is 0 Å². The van der Waals surface area contributed by atoms with E-state index in [4.69, 9.17) is 5.11 Å². The van der Waals surface area contributed by atoms with Gasteiger partial charge in [0.05, 0.1) is 5.69 Å². The Kier molecular flexibility index (Phi) is 4.22. The van der Waals surface area contributed by atoms with Gasteiger partial charge in [-0.05, 0) is 49.4 Å². The van der Waals surface area contributed by atoms with Gasteiger partial charge in [0.1, 0.15) is 5.82 Å². The van der Waals surface area contributed by atoms with Crippen LogP contribution in [0.1, 0.15) is 24.8 Å². The van der Waals surface area contributed by atoms with Crippen LogP contribution < -0.4 is 4.90 Å². The van der Waals surface area contributed by atoms with Crippen molar-refractivity contribution in [2.45, 2.75) is 25.8 Å². The van der Waals surface area contributed by atoms with Gasteiger partial charge >= 0.3 is 0 Å². The number of likely N-dealkylation sites (tertiary alicyclic amines) is 1. The van der Waals surface area contributed by atoms with Gasteiger partial charge in [0.25, 0.3) is 0 Å². The summed E-state index contributed by atoms with van der Waals surface area (Å²) in [6, 6.07) is 5.65. The molecule has 0 spiro atoms. The van der Waals surface area contributed by atoms with E-state index in [2.05, 4.69) is 9.80 Å². The Morgan fingerprint density at radius 3 is 2.65 bits per heavy atom. The summed E-state index contributed by atoms with van der Waals surface area (Å²) in [6.45, 7) is 4.92. The van der Waals surface area contributed by atoms with Crippen LogP contribution in [-0.2, 0) is 6.54 Å². The van der Waals surface area contributed by atoms with E-state index in [-0.39, 0.29) is 12.4 Å². The predicted molar refractivity (Wildman–Crippen MR) is 78.3 cm³/mol. The summed E-state index contributed by atoms with van der Waals surface area (Å²) >= 11 is 0. The van der Waals surface area contributed by atoms with Crippen molar-refractivity contribution >= 4 is 5.69 Å². The Labute approximate surface area is 120 Å². The molecule has 0 amide bonds. The van der Waals surface area contributed by atoms with E-state index in [1.54, 1.807) is 6.07 Å². The molecule has 3 nitrogen and oxygen atoms in total.